The number of aromatic nitrogens is 3. The first kappa shape index (κ1) is 21.3. The molecule has 0 saturated carbocycles. The highest BCUT2D eigenvalue weighted by molar-refractivity contribution is 8.00. The maximum absolute atomic E-state index is 14.1. The van der Waals surface area contributed by atoms with Gasteiger partial charge >= 0.3 is 5.69 Å². The number of thiazole rings is 1. The molecular formula is C20H14ClFN4O3S2. The fourth-order valence-electron chi connectivity index (χ4n) is 2.98. The summed E-state index contributed by atoms with van der Waals surface area (Å²) in [6, 6.07) is 12.6. The Hall–Kier alpha value is -2.95. The van der Waals surface area contributed by atoms with Crippen LogP contribution in [0.4, 0.5) is 10.1 Å². The first-order chi connectivity index (χ1) is 14.9. The summed E-state index contributed by atoms with van der Waals surface area (Å²) in [6.45, 7) is -0.466. The lowest BCUT2D eigenvalue weighted by atomic mass is 10.3. The number of halogens is 2. The summed E-state index contributed by atoms with van der Waals surface area (Å²) in [5.74, 6) is -1.44. The van der Waals surface area contributed by atoms with E-state index in [2.05, 4.69) is 10.3 Å². The third-order valence-corrected chi connectivity index (χ3v) is 6.69. The number of amides is 1. The molecule has 0 atom stereocenters. The topological polar surface area (TPSA) is 86.0 Å². The zero-order chi connectivity index (χ0) is 22.1. The third kappa shape index (κ3) is 4.01. The summed E-state index contributed by atoms with van der Waals surface area (Å²) in [5, 5.41) is 2.27. The monoisotopic (exact) mass is 476 g/mol. The van der Waals surface area contributed by atoms with Crippen LogP contribution in [-0.2, 0) is 11.3 Å². The lowest BCUT2D eigenvalue weighted by Gasteiger charge is -2.12. The number of nitrogens with zero attached hydrogens (tertiary/aromatic N) is 3. The number of benzene rings is 2. The van der Waals surface area contributed by atoms with Gasteiger partial charge in [0, 0.05) is 0 Å². The van der Waals surface area contributed by atoms with Gasteiger partial charge in [-0.2, -0.15) is 0 Å². The highest BCUT2D eigenvalue weighted by Gasteiger charge is 2.21. The molecule has 7 nitrogen and oxygen atoms in total. The Morgan fingerprint density at radius 1 is 1.19 bits per heavy atom. The number of hydrogen-bond acceptors (Lipinski definition) is 6. The Labute approximate surface area is 188 Å². The van der Waals surface area contributed by atoms with Crippen LogP contribution in [0.15, 0.2) is 62.5 Å². The lowest BCUT2D eigenvalue weighted by Crippen LogP contribution is -2.40. The minimum atomic E-state index is -0.775. The van der Waals surface area contributed by atoms with Gasteiger partial charge in [-0.05, 0) is 30.5 Å². The van der Waals surface area contributed by atoms with Gasteiger partial charge in [0.25, 0.3) is 5.56 Å². The van der Waals surface area contributed by atoms with Gasteiger partial charge in [-0.3, -0.25) is 14.2 Å². The van der Waals surface area contributed by atoms with Crippen LogP contribution in [0.1, 0.15) is 0 Å². The van der Waals surface area contributed by atoms with Crippen molar-refractivity contribution in [1.29, 1.82) is 0 Å². The Morgan fingerprint density at radius 2 is 1.94 bits per heavy atom. The number of rotatable bonds is 5. The van der Waals surface area contributed by atoms with Crippen LogP contribution in [-0.4, -0.2) is 26.3 Å². The lowest BCUT2D eigenvalue weighted by molar-refractivity contribution is -0.116. The second-order valence-corrected chi connectivity index (χ2v) is 8.79. The summed E-state index contributed by atoms with van der Waals surface area (Å²) in [7, 11) is 0. The fourth-order valence-corrected chi connectivity index (χ4v) is 4.65. The van der Waals surface area contributed by atoms with Crippen LogP contribution in [0.3, 0.4) is 0 Å². The van der Waals surface area contributed by atoms with E-state index in [0.29, 0.717) is 10.0 Å². The Balaban J connectivity index is 1.84. The normalized spacial score (nSPS) is 11.1. The van der Waals surface area contributed by atoms with Gasteiger partial charge in [-0.1, -0.05) is 47.6 Å². The molecule has 0 radical (unpaired) electrons. The molecule has 0 spiro atoms. The number of fused-ring (bicyclic) bond motifs is 1. The van der Waals surface area contributed by atoms with Crippen LogP contribution in [0.25, 0.3) is 16.0 Å². The third-order valence-electron chi connectivity index (χ3n) is 4.38. The molecule has 158 valence electrons. The largest absolute Gasteiger partial charge is 0.337 e. The van der Waals surface area contributed by atoms with E-state index in [1.165, 1.54) is 30.0 Å². The number of thioether (sulfide) groups is 1. The molecule has 0 aliphatic rings. The van der Waals surface area contributed by atoms with E-state index in [-0.39, 0.29) is 21.1 Å². The smallest absolute Gasteiger partial charge is 0.322 e. The first-order valence-corrected chi connectivity index (χ1v) is 11.3. The zero-order valence-corrected chi connectivity index (χ0v) is 18.4. The van der Waals surface area contributed by atoms with Crippen molar-refractivity contribution in [2.24, 2.45) is 0 Å². The second-order valence-electron chi connectivity index (χ2n) is 6.33. The molecule has 2 aromatic carbocycles. The van der Waals surface area contributed by atoms with E-state index in [0.717, 1.165) is 20.5 Å². The van der Waals surface area contributed by atoms with Crippen LogP contribution < -0.4 is 16.6 Å². The summed E-state index contributed by atoms with van der Waals surface area (Å²) < 4.78 is 17.1. The Bertz CT molecular complexity index is 1420. The molecule has 1 N–H and O–H groups in total. The highest BCUT2D eigenvalue weighted by atomic mass is 35.5. The molecule has 0 aliphatic heterocycles. The van der Waals surface area contributed by atoms with Gasteiger partial charge in [0.1, 0.15) is 11.2 Å². The van der Waals surface area contributed by atoms with E-state index in [1.54, 1.807) is 36.6 Å². The van der Waals surface area contributed by atoms with Crippen molar-refractivity contribution in [1.82, 2.24) is 14.1 Å². The van der Waals surface area contributed by atoms with Gasteiger partial charge in [0.2, 0.25) is 5.91 Å². The fraction of sp³-hybridized carbons (Fsp3) is 0.100. The van der Waals surface area contributed by atoms with E-state index >= 15 is 0 Å². The summed E-state index contributed by atoms with van der Waals surface area (Å²) in [4.78, 5) is 43.2. The minimum absolute atomic E-state index is 0.109. The number of anilines is 1. The summed E-state index contributed by atoms with van der Waals surface area (Å²) in [5.41, 5.74) is -0.863. The molecule has 4 aromatic rings. The van der Waals surface area contributed by atoms with Crippen LogP contribution in [0.2, 0.25) is 5.02 Å². The molecule has 2 heterocycles. The predicted octanol–water partition coefficient (Wildman–Crippen LogP) is 3.76. The molecular weight excluding hydrogens is 463 g/mol. The average Bonchev–Trinajstić information content (AvgIpc) is 3.20. The van der Waals surface area contributed by atoms with Crippen molar-refractivity contribution in [2.45, 2.75) is 10.9 Å². The van der Waals surface area contributed by atoms with Gasteiger partial charge in [0.05, 0.1) is 16.4 Å². The van der Waals surface area contributed by atoms with Crippen LogP contribution in [0, 0.1) is 5.82 Å². The van der Waals surface area contributed by atoms with Gasteiger partial charge < -0.3 is 5.32 Å². The second kappa shape index (κ2) is 8.66. The van der Waals surface area contributed by atoms with Crippen molar-refractivity contribution in [2.75, 3.05) is 11.6 Å². The predicted molar refractivity (Wildman–Crippen MR) is 121 cm³/mol. The van der Waals surface area contributed by atoms with Crippen LogP contribution >= 0.6 is 34.7 Å². The standard InChI is InChI=1S/C20H14ClFN4O3S2/c1-30-19-24-17-16(31-19)18(28)26(11-6-3-2-4-7-11)20(29)25(17)10-14(27)23-13-9-5-8-12(21)15(13)22/h2-9H,10H2,1H3,(H,23,27). The van der Waals surface area contributed by atoms with E-state index in [1.807, 2.05) is 0 Å². The molecule has 0 fully saturated rings. The molecule has 0 saturated heterocycles. The first-order valence-electron chi connectivity index (χ1n) is 8.90. The summed E-state index contributed by atoms with van der Waals surface area (Å²) >= 11 is 8.22. The van der Waals surface area contributed by atoms with Crippen molar-refractivity contribution >= 4 is 56.6 Å². The van der Waals surface area contributed by atoms with E-state index in [9.17, 15) is 18.8 Å². The molecule has 4 rings (SSSR count). The molecule has 31 heavy (non-hydrogen) atoms. The van der Waals surface area contributed by atoms with Crippen LogP contribution in [0.5, 0.6) is 0 Å². The Kier molecular flexibility index (Phi) is 5.94. The molecule has 2 aromatic heterocycles. The number of para-hydroxylation sites is 1. The van der Waals surface area contributed by atoms with Gasteiger partial charge in [-0.15, -0.1) is 11.3 Å². The maximum atomic E-state index is 14.1. The van der Waals surface area contributed by atoms with Crippen molar-refractivity contribution < 1.29 is 9.18 Å². The highest BCUT2D eigenvalue weighted by Crippen LogP contribution is 2.26. The number of carbonyl (C=O) groups excluding carboxylic acids is 1. The zero-order valence-electron chi connectivity index (χ0n) is 16.0. The molecule has 1 amide bonds. The van der Waals surface area contributed by atoms with Crippen molar-refractivity contribution in [3.8, 4) is 5.69 Å². The summed E-state index contributed by atoms with van der Waals surface area (Å²) in [6.07, 6.45) is 1.80. The molecule has 0 unspecified atom stereocenters. The molecule has 11 heteroatoms. The average molecular weight is 477 g/mol. The number of hydrogen-bond donors (Lipinski definition) is 1. The van der Waals surface area contributed by atoms with Gasteiger partial charge in [0.15, 0.2) is 15.8 Å². The van der Waals surface area contributed by atoms with Gasteiger partial charge in [-0.25, -0.2) is 18.7 Å². The Morgan fingerprint density at radius 3 is 2.65 bits per heavy atom. The van der Waals surface area contributed by atoms with Crippen molar-refractivity contribution in [3.63, 3.8) is 0 Å². The molecule has 0 bridgehead atoms. The maximum Gasteiger partial charge on any atom is 0.337 e. The van der Waals surface area contributed by atoms with E-state index in [4.69, 9.17) is 11.6 Å². The number of nitrogens with one attached hydrogen (secondary N) is 1. The SMILES string of the molecule is CSc1nc2c(s1)c(=O)n(-c1ccccc1)c(=O)n2CC(=O)Nc1cccc(Cl)c1F. The molecule has 0 aliphatic carbocycles. The quantitative estimate of drug-likeness (QED) is 0.443. The minimum Gasteiger partial charge on any atom is -0.322 e. The number of carbonyl (C=O) groups is 1. The van der Waals surface area contributed by atoms with E-state index < -0.39 is 29.5 Å². The van der Waals surface area contributed by atoms with Crippen molar-refractivity contribution in [3.05, 3.63) is 80.2 Å².